The number of benzene rings is 1. The predicted octanol–water partition coefficient (Wildman–Crippen LogP) is 2.81. The molecule has 1 N–H and O–H groups in total. The van der Waals surface area contributed by atoms with E-state index in [-0.39, 0.29) is 17.2 Å². The zero-order valence-electron chi connectivity index (χ0n) is 15.0. The van der Waals surface area contributed by atoms with Crippen LogP contribution in [-0.2, 0) is 15.7 Å². The van der Waals surface area contributed by atoms with Crippen LogP contribution in [-0.4, -0.2) is 54.0 Å². The number of hydrogen-bond donors (Lipinski definition) is 1. The molecule has 0 saturated carbocycles. The minimum atomic E-state index is -4.46. The second-order valence-electron chi connectivity index (χ2n) is 6.25. The molecule has 150 valence electrons. The number of carbonyl (C=O) groups is 2. The topological polar surface area (TPSA) is 71.5 Å². The molecule has 1 aromatic heterocycles. The van der Waals surface area contributed by atoms with Crippen molar-refractivity contribution in [3.63, 3.8) is 0 Å². The molecule has 6 nitrogen and oxygen atoms in total. The van der Waals surface area contributed by atoms with Crippen LogP contribution in [0.4, 0.5) is 13.2 Å². The summed E-state index contributed by atoms with van der Waals surface area (Å²) in [6.07, 6.45) is -4.46. The maximum atomic E-state index is 12.9. The molecule has 0 radical (unpaired) electrons. The number of alkyl halides is 3. The monoisotopic (exact) mass is 413 g/mol. The highest BCUT2D eigenvalue weighted by Crippen LogP contribution is 2.33. The van der Waals surface area contributed by atoms with Gasteiger partial charge in [0.1, 0.15) is 16.7 Å². The van der Waals surface area contributed by atoms with Crippen LogP contribution in [0.1, 0.15) is 23.0 Å². The summed E-state index contributed by atoms with van der Waals surface area (Å²) in [5, 5.41) is 4.34. The molecule has 1 fully saturated rings. The largest absolute Gasteiger partial charge is 0.416 e. The van der Waals surface area contributed by atoms with Gasteiger partial charge in [0.15, 0.2) is 0 Å². The van der Waals surface area contributed by atoms with E-state index < -0.39 is 23.7 Å². The molecule has 1 aliphatic heterocycles. The van der Waals surface area contributed by atoms with Gasteiger partial charge < -0.3 is 15.0 Å². The summed E-state index contributed by atoms with van der Waals surface area (Å²) in [6, 6.07) is 4.02. The molecule has 0 aliphatic carbocycles. The third-order valence-corrected chi connectivity index (χ3v) is 5.11. The summed E-state index contributed by atoms with van der Waals surface area (Å²) in [4.78, 5) is 30.5. The zero-order valence-corrected chi connectivity index (χ0v) is 15.8. The number of hydrogen-bond acceptors (Lipinski definition) is 5. The van der Waals surface area contributed by atoms with E-state index >= 15 is 0 Å². The average molecular weight is 413 g/mol. The lowest BCUT2D eigenvalue weighted by atomic mass is 10.1. The second kappa shape index (κ2) is 8.27. The molecule has 2 heterocycles. The maximum Gasteiger partial charge on any atom is 0.416 e. The number of amides is 2. The van der Waals surface area contributed by atoms with E-state index in [1.165, 1.54) is 17.5 Å². The van der Waals surface area contributed by atoms with Crippen molar-refractivity contribution < 1.29 is 27.5 Å². The smallest absolute Gasteiger partial charge is 0.378 e. The third kappa shape index (κ3) is 4.68. The lowest BCUT2D eigenvalue weighted by Gasteiger charge is -2.29. The Morgan fingerprint density at radius 1 is 1.29 bits per heavy atom. The maximum absolute atomic E-state index is 12.9. The number of halogens is 3. The van der Waals surface area contributed by atoms with E-state index in [1.54, 1.807) is 11.8 Å². The SMILES string of the molecule is CC(NC(=O)c1csc(-c2cccc(C(F)(F)F)c2)n1)C(=O)N1CCOCC1. The molecular formula is C18H18F3N3O3S. The van der Waals surface area contributed by atoms with Gasteiger partial charge in [0, 0.05) is 24.0 Å². The molecule has 2 aromatic rings. The highest BCUT2D eigenvalue weighted by atomic mass is 32.1. The molecule has 0 bridgehead atoms. The van der Waals surface area contributed by atoms with Crippen molar-refractivity contribution in [3.8, 4) is 10.6 Å². The van der Waals surface area contributed by atoms with Crippen molar-refractivity contribution in [3.05, 3.63) is 40.9 Å². The summed E-state index contributed by atoms with van der Waals surface area (Å²) in [7, 11) is 0. The first kappa shape index (κ1) is 20.3. The van der Waals surface area contributed by atoms with Gasteiger partial charge in [-0.15, -0.1) is 11.3 Å². The molecule has 1 atom stereocenters. The summed E-state index contributed by atoms with van der Waals surface area (Å²) in [5.74, 6) is -0.770. The molecule has 1 aromatic carbocycles. The Kier molecular flexibility index (Phi) is 5.99. The Labute approximate surface area is 163 Å². The van der Waals surface area contributed by atoms with Gasteiger partial charge in [0.2, 0.25) is 5.91 Å². The van der Waals surface area contributed by atoms with Crippen molar-refractivity contribution in [1.29, 1.82) is 0 Å². The molecule has 3 rings (SSSR count). The Balaban J connectivity index is 1.68. The second-order valence-corrected chi connectivity index (χ2v) is 7.11. The number of thiazole rings is 1. The number of rotatable bonds is 4. The summed E-state index contributed by atoms with van der Waals surface area (Å²) < 4.78 is 43.8. The molecule has 28 heavy (non-hydrogen) atoms. The van der Waals surface area contributed by atoms with E-state index in [0.29, 0.717) is 31.3 Å². The van der Waals surface area contributed by atoms with Crippen molar-refractivity contribution in [2.75, 3.05) is 26.3 Å². The van der Waals surface area contributed by atoms with Crippen LogP contribution in [0.15, 0.2) is 29.6 Å². The average Bonchev–Trinajstić information content (AvgIpc) is 3.18. The molecule has 1 aliphatic rings. The highest BCUT2D eigenvalue weighted by Gasteiger charge is 2.31. The van der Waals surface area contributed by atoms with Gasteiger partial charge in [-0.1, -0.05) is 12.1 Å². The van der Waals surface area contributed by atoms with Crippen LogP contribution < -0.4 is 5.32 Å². The van der Waals surface area contributed by atoms with Crippen LogP contribution in [0.25, 0.3) is 10.6 Å². The predicted molar refractivity (Wildman–Crippen MR) is 96.9 cm³/mol. The fourth-order valence-corrected chi connectivity index (χ4v) is 3.53. The molecule has 2 amide bonds. The van der Waals surface area contributed by atoms with E-state index in [2.05, 4.69) is 10.3 Å². The normalized spacial score (nSPS) is 15.9. The van der Waals surface area contributed by atoms with Crippen molar-refractivity contribution in [2.45, 2.75) is 19.1 Å². The van der Waals surface area contributed by atoms with Gasteiger partial charge in [-0.3, -0.25) is 9.59 Å². The van der Waals surface area contributed by atoms with Crippen LogP contribution in [0, 0.1) is 0 Å². The van der Waals surface area contributed by atoms with E-state index in [9.17, 15) is 22.8 Å². The quantitative estimate of drug-likeness (QED) is 0.837. The number of morpholine rings is 1. The van der Waals surface area contributed by atoms with E-state index in [4.69, 9.17) is 4.74 Å². The lowest BCUT2D eigenvalue weighted by molar-refractivity contribution is -0.138. The standard InChI is InChI=1S/C18H18F3N3O3S/c1-11(17(26)24-5-7-27-8-6-24)22-15(25)14-10-28-16(23-14)12-3-2-4-13(9-12)18(19,20)21/h2-4,9-11H,5-8H2,1H3,(H,22,25). The molecule has 1 unspecified atom stereocenters. The summed E-state index contributed by atoms with van der Waals surface area (Å²) in [6.45, 7) is 3.43. The van der Waals surface area contributed by atoms with Gasteiger partial charge in [-0.2, -0.15) is 13.2 Å². The van der Waals surface area contributed by atoms with Crippen LogP contribution in [0.2, 0.25) is 0 Å². The van der Waals surface area contributed by atoms with Crippen molar-refractivity contribution >= 4 is 23.2 Å². The Hall–Kier alpha value is -2.46. The zero-order chi connectivity index (χ0) is 20.3. The lowest BCUT2D eigenvalue weighted by Crippen LogP contribution is -2.50. The number of carbonyl (C=O) groups excluding carboxylic acids is 2. The van der Waals surface area contributed by atoms with E-state index in [1.807, 2.05) is 0 Å². The van der Waals surface area contributed by atoms with Crippen LogP contribution >= 0.6 is 11.3 Å². The molecule has 10 heteroatoms. The van der Waals surface area contributed by atoms with Gasteiger partial charge in [0.05, 0.1) is 18.8 Å². The first-order valence-corrected chi connectivity index (χ1v) is 9.44. The first-order valence-electron chi connectivity index (χ1n) is 8.56. The van der Waals surface area contributed by atoms with E-state index in [0.717, 1.165) is 23.5 Å². The van der Waals surface area contributed by atoms with Gasteiger partial charge in [-0.05, 0) is 19.1 Å². The Morgan fingerprint density at radius 2 is 2.00 bits per heavy atom. The first-order chi connectivity index (χ1) is 13.3. The Bertz CT molecular complexity index is 863. The molecule has 0 spiro atoms. The number of nitrogens with one attached hydrogen (secondary N) is 1. The Morgan fingerprint density at radius 3 is 2.68 bits per heavy atom. The van der Waals surface area contributed by atoms with Gasteiger partial charge >= 0.3 is 6.18 Å². The third-order valence-electron chi connectivity index (χ3n) is 4.21. The van der Waals surface area contributed by atoms with Crippen LogP contribution in [0.3, 0.4) is 0 Å². The highest BCUT2D eigenvalue weighted by molar-refractivity contribution is 7.13. The van der Waals surface area contributed by atoms with Gasteiger partial charge in [0.25, 0.3) is 5.91 Å². The summed E-state index contributed by atoms with van der Waals surface area (Å²) in [5.41, 5.74) is -0.453. The summed E-state index contributed by atoms with van der Waals surface area (Å²) >= 11 is 1.06. The minimum absolute atomic E-state index is 0.0547. The number of aromatic nitrogens is 1. The van der Waals surface area contributed by atoms with Crippen molar-refractivity contribution in [2.24, 2.45) is 0 Å². The fraction of sp³-hybridized carbons (Fsp3) is 0.389. The molecule has 1 saturated heterocycles. The molecular weight excluding hydrogens is 395 g/mol. The number of nitrogens with zero attached hydrogens (tertiary/aromatic N) is 2. The van der Waals surface area contributed by atoms with Crippen LogP contribution in [0.5, 0.6) is 0 Å². The van der Waals surface area contributed by atoms with Crippen molar-refractivity contribution in [1.82, 2.24) is 15.2 Å². The minimum Gasteiger partial charge on any atom is -0.378 e. The fourth-order valence-electron chi connectivity index (χ4n) is 2.73. The van der Waals surface area contributed by atoms with Gasteiger partial charge in [-0.25, -0.2) is 4.98 Å². The number of ether oxygens (including phenoxy) is 1.